The van der Waals surface area contributed by atoms with Crippen LogP contribution >= 0.6 is 0 Å². The number of nitrogens with one attached hydrogen (secondary N) is 1. The molecular weight excluding hydrogens is 202 g/mol. The van der Waals surface area contributed by atoms with E-state index in [-0.39, 0.29) is 5.60 Å². The molecule has 2 unspecified atom stereocenters. The first-order chi connectivity index (χ1) is 7.66. The quantitative estimate of drug-likeness (QED) is 0.774. The van der Waals surface area contributed by atoms with E-state index < -0.39 is 0 Å². The van der Waals surface area contributed by atoms with Crippen LogP contribution in [0.15, 0.2) is 23.0 Å². The minimum Gasteiger partial charge on any atom is -0.472 e. The van der Waals surface area contributed by atoms with Gasteiger partial charge in [-0.3, -0.25) is 0 Å². The highest BCUT2D eigenvalue weighted by molar-refractivity contribution is 5.09. The Labute approximate surface area is 98.2 Å². The first kappa shape index (κ1) is 13.3. The Morgan fingerprint density at radius 2 is 2.25 bits per heavy atom. The molecule has 1 aromatic rings. The molecule has 0 aliphatic heterocycles. The highest BCUT2D eigenvalue weighted by atomic mass is 16.5. The number of furan rings is 1. The summed E-state index contributed by atoms with van der Waals surface area (Å²) in [6.45, 7) is 7.11. The Kier molecular flexibility index (Phi) is 5.03. The Morgan fingerprint density at radius 3 is 2.69 bits per heavy atom. The second-order valence-electron chi connectivity index (χ2n) is 4.28. The third-order valence-electron chi connectivity index (χ3n) is 3.28. The van der Waals surface area contributed by atoms with E-state index in [9.17, 15) is 0 Å². The second-order valence-corrected chi connectivity index (χ2v) is 4.28. The monoisotopic (exact) mass is 225 g/mol. The summed E-state index contributed by atoms with van der Waals surface area (Å²) in [5, 5.41) is 3.35. The summed E-state index contributed by atoms with van der Waals surface area (Å²) in [6, 6.07) is 2.31. The lowest BCUT2D eigenvalue weighted by Crippen LogP contribution is -2.50. The molecule has 0 aliphatic carbocycles. The minimum absolute atomic E-state index is 0.124. The molecule has 92 valence electrons. The molecule has 16 heavy (non-hydrogen) atoms. The van der Waals surface area contributed by atoms with E-state index in [2.05, 4.69) is 19.2 Å². The molecule has 0 amide bonds. The van der Waals surface area contributed by atoms with Gasteiger partial charge in [-0.1, -0.05) is 6.92 Å². The highest BCUT2D eigenvalue weighted by Gasteiger charge is 2.32. The van der Waals surface area contributed by atoms with Crippen LogP contribution in [0.2, 0.25) is 0 Å². The molecule has 0 saturated heterocycles. The molecule has 3 nitrogen and oxygen atoms in total. The number of hydrogen-bond donors (Lipinski definition) is 1. The lowest BCUT2D eigenvalue weighted by atomic mass is 9.89. The van der Waals surface area contributed by atoms with Gasteiger partial charge in [-0.25, -0.2) is 0 Å². The molecule has 0 aromatic carbocycles. The Morgan fingerprint density at radius 1 is 1.50 bits per heavy atom. The van der Waals surface area contributed by atoms with Crippen molar-refractivity contribution in [2.45, 2.75) is 45.3 Å². The van der Waals surface area contributed by atoms with E-state index in [4.69, 9.17) is 9.15 Å². The Balaban J connectivity index is 2.71. The van der Waals surface area contributed by atoms with Crippen molar-refractivity contribution in [3.05, 3.63) is 24.2 Å². The summed E-state index contributed by atoms with van der Waals surface area (Å²) in [4.78, 5) is 0. The molecule has 0 bridgehead atoms. The zero-order valence-corrected chi connectivity index (χ0v) is 10.7. The predicted molar refractivity (Wildman–Crippen MR) is 65.6 cm³/mol. The average Bonchev–Trinajstić information content (AvgIpc) is 2.78. The Hall–Kier alpha value is -0.800. The first-order valence-corrected chi connectivity index (χ1v) is 5.98. The molecule has 0 radical (unpaired) electrons. The van der Waals surface area contributed by atoms with Crippen LogP contribution in [0.25, 0.3) is 0 Å². The normalized spacial score (nSPS) is 17.0. The van der Waals surface area contributed by atoms with Gasteiger partial charge in [0, 0.05) is 12.6 Å². The summed E-state index contributed by atoms with van der Waals surface area (Å²) in [6.07, 6.45) is 5.43. The van der Waals surface area contributed by atoms with Gasteiger partial charge in [-0.2, -0.15) is 0 Å². The molecule has 0 spiro atoms. The third-order valence-corrected chi connectivity index (χ3v) is 3.28. The van der Waals surface area contributed by atoms with Gasteiger partial charge >= 0.3 is 0 Å². The van der Waals surface area contributed by atoms with E-state index in [1.54, 1.807) is 12.5 Å². The maximum atomic E-state index is 5.89. The fraction of sp³-hybridized carbons (Fsp3) is 0.692. The smallest absolute Gasteiger partial charge is 0.0935 e. The topological polar surface area (TPSA) is 34.4 Å². The van der Waals surface area contributed by atoms with E-state index in [1.807, 2.05) is 20.0 Å². The SMILES string of the molecule is CCOC(C)(CC)C(Cc1ccoc1)NC. The van der Waals surface area contributed by atoms with E-state index in [0.717, 1.165) is 19.4 Å². The van der Waals surface area contributed by atoms with Crippen LogP contribution in [-0.4, -0.2) is 25.3 Å². The molecule has 2 atom stereocenters. The fourth-order valence-corrected chi connectivity index (χ4v) is 2.05. The lowest BCUT2D eigenvalue weighted by Gasteiger charge is -2.36. The minimum atomic E-state index is -0.124. The molecule has 1 rings (SSSR count). The standard InChI is InChI=1S/C13H23NO2/c1-5-13(3,16-6-2)12(14-4)9-11-7-8-15-10-11/h7-8,10,12,14H,5-6,9H2,1-4H3. The maximum absolute atomic E-state index is 5.89. The van der Waals surface area contributed by atoms with Crippen LogP contribution in [0.3, 0.4) is 0 Å². The van der Waals surface area contributed by atoms with Crippen molar-refractivity contribution in [1.82, 2.24) is 5.32 Å². The summed E-state index contributed by atoms with van der Waals surface area (Å²) < 4.78 is 11.0. The second kappa shape index (κ2) is 6.06. The summed E-state index contributed by atoms with van der Waals surface area (Å²) >= 11 is 0. The zero-order chi connectivity index (χ0) is 12.0. The third kappa shape index (κ3) is 3.09. The molecule has 0 fully saturated rings. The van der Waals surface area contributed by atoms with Crippen LogP contribution in [-0.2, 0) is 11.2 Å². The lowest BCUT2D eigenvalue weighted by molar-refractivity contribution is -0.0534. The molecule has 1 aromatic heterocycles. The number of rotatable bonds is 7. The van der Waals surface area contributed by atoms with Crippen molar-refractivity contribution in [2.24, 2.45) is 0 Å². The number of hydrogen-bond acceptors (Lipinski definition) is 3. The maximum Gasteiger partial charge on any atom is 0.0935 e. The fourth-order valence-electron chi connectivity index (χ4n) is 2.05. The van der Waals surface area contributed by atoms with Gasteiger partial charge in [-0.15, -0.1) is 0 Å². The van der Waals surface area contributed by atoms with Gasteiger partial charge in [0.25, 0.3) is 0 Å². The van der Waals surface area contributed by atoms with Gasteiger partial charge in [-0.05, 0) is 45.4 Å². The average molecular weight is 225 g/mol. The summed E-state index contributed by atoms with van der Waals surface area (Å²) in [5.74, 6) is 0. The van der Waals surface area contributed by atoms with Gasteiger partial charge in [0.05, 0.1) is 18.1 Å². The molecular formula is C13H23NO2. The van der Waals surface area contributed by atoms with Crippen molar-refractivity contribution in [3.8, 4) is 0 Å². The van der Waals surface area contributed by atoms with Crippen molar-refractivity contribution in [1.29, 1.82) is 0 Å². The van der Waals surface area contributed by atoms with Crippen molar-refractivity contribution in [2.75, 3.05) is 13.7 Å². The molecule has 3 heteroatoms. The summed E-state index contributed by atoms with van der Waals surface area (Å²) in [7, 11) is 1.98. The van der Waals surface area contributed by atoms with Gasteiger partial charge in [0.15, 0.2) is 0 Å². The van der Waals surface area contributed by atoms with E-state index in [0.29, 0.717) is 6.04 Å². The largest absolute Gasteiger partial charge is 0.472 e. The van der Waals surface area contributed by atoms with Crippen molar-refractivity contribution >= 4 is 0 Å². The predicted octanol–water partition coefficient (Wildman–Crippen LogP) is 2.62. The summed E-state index contributed by atoms with van der Waals surface area (Å²) in [5.41, 5.74) is 1.08. The van der Waals surface area contributed by atoms with Gasteiger partial charge in [0.1, 0.15) is 0 Å². The van der Waals surface area contributed by atoms with Gasteiger partial charge in [0.2, 0.25) is 0 Å². The zero-order valence-electron chi connectivity index (χ0n) is 10.7. The van der Waals surface area contributed by atoms with Crippen LogP contribution < -0.4 is 5.32 Å². The first-order valence-electron chi connectivity index (χ1n) is 5.98. The van der Waals surface area contributed by atoms with Crippen LogP contribution in [0.1, 0.15) is 32.8 Å². The Bertz CT molecular complexity index is 284. The van der Waals surface area contributed by atoms with E-state index in [1.165, 1.54) is 5.56 Å². The highest BCUT2D eigenvalue weighted by Crippen LogP contribution is 2.23. The van der Waals surface area contributed by atoms with Crippen LogP contribution in [0.4, 0.5) is 0 Å². The van der Waals surface area contributed by atoms with Crippen LogP contribution in [0.5, 0.6) is 0 Å². The molecule has 1 N–H and O–H groups in total. The van der Waals surface area contributed by atoms with E-state index >= 15 is 0 Å². The van der Waals surface area contributed by atoms with Crippen molar-refractivity contribution < 1.29 is 9.15 Å². The number of likely N-dealkylation sites (N-methyl/N-ethyl adjacent to an activating group) is 1. The van der Waals surface area contributed by atoms with Gasteiger partial charge < -0.3 is 14.5 Å². The van der Waals surface area contributed by atoms with Crippen molar-refractivity contribution in [3.63, 3.8) is 0 Å². The molecule has 0 saturated carbocycles. The number of ether oxygens (including phenoxy) is 1. The molecule has 1 heterocycles. The molecule has 0 aliphatic rings. The van der Waals surface area contributed by atoms with Crippen LogP contribution in [0, 0.1) is 0 Å².